The Morgan fingerprint density at radius 3 is 2.67 bits per heavy atom. The zero-order valence-electron chi connectivity index (χ0n) is 18.2. The molecule has 3 rings (SSSR count). The van der Waals surface area contributed by atoms with E-state index >= 15 is 0 Å². The first-order valence-electron chi connectivity index (χ1n) is 10.3. The minimum Gasteiger partial charge on any atom is -0.489 e. The molecule has 0 spiro atoms. The van der Waals surface area contributed by atoms with Gasteiger partial charge in [-0.3, -0.25) is 14.3 Å². The summed E-state index contributed by atoms with van der Waals surface area (Å²) in [6.45, 7) is 10.6. The summed E-state index contributed by atoms with van der Waals surface area (Å²) < 4.78 is 7.57. The average molecular weight is 415 g/mol. The van der Waals surface area contributed by atoms with Crippen LogP contribution in [0.1, 0.15) is 50.3 Å². The molecule has 1 aliphatic heterocycles. The molecule has 1 atom stereocenters. The van der Waals surface area contributed by atoms with Gasteiger partial charge >= 0.3 is 0 Å². The lowest BCUT2D eigenvalue weighted by Crippen LogP contribution is -2.70. The Morgan fingerprint density at radius 1 is 1.33 bits per heavy atom. The van der Waals surface area contributed by atoms with E-state index in [-0.39, 0.29) is 6.10 Å². The Morgan fingerprint density at radius 2 is 2.07 bits per heavy atom. The third-order valence-corrected chi connectivity index (χ3v) is 4.88. The number of aromatic nitrogens is 2. The molecular weight excluding hydrogens is 384 g/mol. The summed E-state index contributed by atoms with van der Waals surface area (Å²) in [5.41, 5.74) is 8.32. The van der Waals surface area contributed by atoms with Crippen LogP contribution in [0.2, 0.25) is 0 Å². The molecule has 9 nitrogen and oxygen atoms in total. The molecule has 0 radical (unpaired) electrons. The molecule has 0 aliphatic carbocycles. The van der Waals surface area contributed by atoms with Crippen molar-refractivity contribution in [2.24, 2.45) is 5.73 Å². The van der Waals surface area contributed by atoms with Gasteiger partial charge in [0.2, 0.25) is 0 Å². The molecule has 0 saturated heterocycles. The van der Waals surface area contributed by atoms with Crippen molar-refractivity contribution in [2.45, 2.75) is 59.5 Å². The van der Waals surface area contributed by atoms with Crippen LogP contribution < -0.4 is 26.0 Å². The largest absolute Gasteiger partial charge is 0.489 e. The summed E-state index contributed by atoms with van der Waals surface area (Å²) in [7, 11) is 0. The molecule has 30 heavy (non-hydrogen) atoms. The number of nitrogens with two attached hydrogens (primary N) is 1. The normalized spacial score (nSPS) is 17.6. The zero-order chi connectivity index (χ0) is 22.1. The van der Waals surface area contributed by atoms with Crippen LogP contribution in [-0.4, -0.2) is 40.0 Å². The van der Waals surface area contributed by atoms with Crippen molar-refractivity contribution in [2.75, 3.05) is 16.8 Å². The first-order valence-corrected chi connectivity index (χ1v) is 10.3. The van der Waals surface area contributed by atoms with Gasteiger partial charge in [0.05, 0.1) is 17.5 Å². The van der Waals surface area contributed by atoms with Crippen molar-refractivity contribution < 1.29 is 14.3 Å². The number of primary amides is 1. The highest BCUT2D eigenvalue weighted by Crippen LogP contribution is 2.45. The Hall–Kier alpha value is -3.23. The van der Waals surface area contributed by atoms with Gasteiger partial charge in [0.15, 0.2) is 0 Å². The van der Waals surface area contributed by atoms with Crippen LogP contribution in [0.25, 0.3) is 0 Å². The number of fused-ring (bicyclic) bond motifs is 1. The van der Waals surface area contributed by atoms with E-state index in [9.17, 15) is 9.59 Å². The molecule has 2 heterocycles. The molecule has 0 bridgehead atoms. The van der Waals surface area contributed by atoms with E-state index < -0.39 is 17.6 Å². The number of hydrogen-bond acceptors (Lipinski definition) is 6. The SMILES string of the molecule is CCCN1c2c(cccc2OC(C)C)NC1(NC(=O)c1cc(C)nn1CC)C(N)=O. The fourth-order valence-electron chi connectivity index (χ4n) is 3.74. The second kappa shape index (κ2) is 8.25. The van der Waals surface area contributed by atoms with E-state index in [1.54, 1.807) is 15.6 Å². The maximum atomic E-state index is 13.2. The van der Waals surface area contributed by atoms with E-state index in [1.165, 1.54) is 0 Å². The van der Waals surface area contributed by atoms with Crippen molar-refractivity contribution in [3.63, 3.8) is 0 Å². The summed E-state index contributed by atoms with van der Waals surface area (Å²) in [4.78, 5) is 27.7. The summed E-state index contributed by atoms with van der Waals surface area (Å²) >= 11 is 0. The monoisotopic (exact) mass is 414 g/mol. The molecule has 4 N–H and O–H groups in total. The summed E-state index contributed by atoms with van der Waals surface area (Å²) in [6, 6.07) is 7.20. The standard InChI is InChI=1S/C21H30N6O3/c1-6-11-26-18-15(9-8-10-17(18)30-13(3)4)23-21(26,20(22)29)24-19(28)16-12-14(5)25-27(16)7-2/h8-10,12-13,23H,6-7,11H2,1-5H3,(H2,22,29)(H,24,28). The lowest BCUT2D eigenvalue weighted by atomic mass is 10.2. The van der Waals surface area contributed by atoms with Crippen molar-refractivity contribution >= 4 is 23.2 Å². The molecule has 2 amide bonds. The van der Waals surface area contributed by atoms with Crippen LogP contribution in [0.15, 0.2) is 24.3 Å². The van der Waals surface area contributed by atoms with Gasteiger partial charge in [-0.1, -0.05) is 13.0 Å². The molecule has 0 saturated carbocycles. The predicted octanol–water partition coefficient (Wildman–Crippen LogP) is 2.21. The Kier molecular flexibility index (Phi) is 5.91. The summed E-state index contributed by atoms with van der Waals surface area (Å²) in [5.74, 6) is -2.16. The van der Waals surface area contributed by atoms with Crippen LogP contribution in [-0.2, 0) is 11.3 Å². The first-order chi connectivity index (χ1) is 14.2. The Bertz CT molecular complexity index is 954. The van der Waals surface area contributed by atoms with Gasteiger partial charge in [0.25, 0.3) is 17.6 Å². The van der Waals surface area contributed by atoms with E-state index in [0.29, 0.717) is 35.9 Å². The van der Waals surface area contributed by atoms with Gasteiger partial charge in [-0.15, -0.1) is 0 Å². The number of anilines is 2. The second-order valence-electron chi connectivity index (χ2n) is 7.61. The first kappa shape index (κ1) is 21.5. The number of rotatable bonds is 8. The fourth-order valence-corrected chi connectivity index (χ4v) is 3.74. The highest BCUT2D eigenvalue weighted by atomic mass is 16.5. The number of hydrogen-bond donors (Lipinski definition) is 3. The average Bonchev–Trinajstić information content (AvgIpc) is 3.21. The molecule has 9 heteroatoms. The van der Waals surface area contributed by atoms with Gasteiger partial charge in [0.1, 0.15) is 17.1 Å². The van der Waals surface area contributed by atoms with Crippen LogP contribution in [0, 0.1) is 6.92 Å². The highest BCUT2D eigenvalue weighted by molar-refractivity contribution is 6.04. The van der Waals surface area contributed by atoms with E-state index in [0.717, 1.165) is 12.1 Å². The number of nitrogens with zero attached hydrogens (tertiary/aromatic N) is 3. The molecule has 1 aromatic carbocycles. The van der Waals surface area contributed by atoms with Crippen molar-refractivity contribution in [1.29, 1.82) is 0 Å². The number of ether oxygens (including phenoxy) is 1. The van der Waals surface area contributed by atoms with Crippen LogP contribution in [0.4, 0.5) is 11.4 Å². The molecule has 0 fully saturated rings. The number of aryl methyl sites for hydroxylation is 2. The second-order valence-corrected chi connectivity index (χ2v) is 7.61. The topological polar surface area (TPSA) is 115 Å². The summed E-state index contributed by atoms with van der Waals surface area (Å²) in [5, 5.41) is 10.3. The maximum Gasteiger partial charge on any atom is 0.286 e. The third-order valence-electron chi connectivity index (χ3n) is 4.88. The molecule has 162 valence electrons. The molecule has 1 aromatic heterocycles. The number of carbonyl (C=O) groups excluding carboxylic acids is 2. The van der Waals surface area contributed by atoms with Crippen LogP contribution >= 0.6 is 0 Å². The maximum absolute atomic E-state index is 13.2. The minimum atomic E-state index is -1.62. The number of benzene rings is 1. The summed E-state index contributed by atoms with van der Waals surface area (Å²) in [6.07, 6.45) is 0.675. The van der Waals surface area contributed by atoms with Crippen molar-refractivity contribution in [3.8, 4) is 5.75 Å². The Balaban J connectivity index is 2.06. The highest BCUT2D eigenvalue weighted by Gasteiger charge is 2.51. The van der Waals surface area contributed by atoms with Gasteiger partial charge in [-0.05, 0) is 52.3 Å². The number of amides is 2. The minimum absolute atomic E-state index is 0.0555. The molecule has 1 unspecified atom stereocenters. The van der Waals surface area contributed by atoms with Gasteiger partial charge in [0, 0.05) is 13.1 Å². The quantitative estimate of drug-likeness (QED) is 0.610. The Labute approximate surface area is 176 Å². The molecule has 1 aliphatic rings. The molecular formula is C21H30N6O3. The lowest BCUT2D eigenvalue weighted by molar-refractivity contribution is -0.123. The third kappa shape index (κ3) is 3.67. The van der Waals surface area contributed by atoms with E-state index in [1.807, 2.05) is 52.8 Å². The zero-order valence-corrected chi connectivity index (χ0v) is 18.2. The van der Waals surface area contributed by atoms with Gasteiger partial charge in [-0.2, -0.15) is 5.10 Å². The van der Waals surface area contributed by atoms with Crippen molar-refractivity contribution in [3.05, 3.63) is 35.7 Å². The smallest absolute Gasteiger partial charge is 0.286 e. The number of carbonyl (C=O) groups is 2. The van der Waals surface area contributed by atoms with Gasteiger partial charge in [-0.25, -0.2) is 0 Å². The number of nitrogens with one attached hydrogen (secondary N) is 2. The number of para-hydroxylation sites is 1. The van der Waals surface area contributed by atoms with E-state index in [2.05, 4.69) is 15.7 Å². The van der Waals surface area contributed by atoms with Crippen LogP contribution in [0.5, 0.6) is 5.75 Å². The predicted molar refractivity (Wildman–Crippen MR) is 115 cm³/mol. The van der Waals surface area contributed by atoms with E-state index in [4.69, 9.17) is 10.5 Å². The van der Waals surface area contributed by atoms with Crippen LogP contribution in [0.3, 0.4) is 0 Å². The van der Waals surface area contributed by atoms with Crippen molar-refractivity contribution in [1.82, 2.24) is 15.1 Å². The fraction of sp³-hybridized carbons (Fsp3) is 0.476. The van der Waals surface area contributed by atoms with Gasteiger partial charge < -0.3 is 26.0 Å². The molecule has 2 aromatic rings. The lowest BCUT2D eigenvalue weighted by Gasteiger charge is -2.37.